The van der Waals surface area contributed by atoms with Crippen molar-refractivity contribution in [2.24, 2.45) is 0 Å². The van der Waals surface area contributed by atoms with Gasteiger partial charge in [-0.15, -0.1) is 11.3 Å². The van der Waals surface area contributed by atoms with Crippen LogP contribution in [0.15, 0.2) is 315 Å². The second-order valence-corrected chi connectivity index (χ2v) is 24.5. The van der Waals surface area contributed by atoms with Crippen LogP contribution in [0.1, 0.15) is 5.56 Å². The minimum atomic E-state index is 0.610. The number of thiophene rings is 1. The molecule has 0 aliphatic carbocycles. The number of hydrogen-bond acceptors (Lipinski definition) is 2. The van der Waals surface area contributed by atoms with Crippen molar-refractivity contribution in [3.8, 4) is 89.9 Å². The molecule has 0 amide bonds. The summed E-state index contributed by atoms with van der Waals surface area (Å²) < 4.78 is 9.56. The summed E-state index contributed by atoms with van der Waals surface area (Å²) in [4.78, 5) is 0. The van der Waals surface area contributed by atoms with Gasteiger partial charge in [0.2, 0.25) is 0 Å². The van der Waals surface area contributed by atoms with E-state index in [9.17, 15) is 5.26 Å². The zero-order valence-electron chi connectivity index (χ0n) is 48.7. The Morgan fingerprint density at radius 1 is 0.233 bits per heavy atom. The van der Waals surface area contributed by atoms with Gasteiger partial charge >= 0.3 is 0 Å². The van der Waals surface area contributed by atoms with Crippen molar-refractivity contribution in [3.05, 3.63) is 321 Å². The summed E-state index contributed by atoms with van der Waals surface area (Å²) in [5.74, 6) is 0. The van der Waals surface area contributed by atoms with Gasteiger partial charge < -0.3 is 13.7 Å². The van der Waals surface area contributed by atoms with E-state index in [1.54, 1.807) is 11.3 Å². The van der Waals surface area contributed by atoms with E-state index in [4.69, 9.17) is 0 Å². The third kappa shape index (κ3) is 8.06. The van der Waals surface area contributed by atoms with E-state index < -0.39 is 0 Å². The SMILES string of the molecule is N#Cc1c(-n2c3ccc(-c4ccccc4)cc3c3cc(-c4ccccc4)ccc32)c(-n2c3ccc(-c4ccccc4)cc3c3cc(-c4ccccc4)ccc32)c(-n2c3ccc(-c4ccccc4)cc3c3cc(-c4ccccc4)ccc32)c2c1sc1ccccc12. The molecule has 18 rings (SSSR count). The van der Waals surface area contributed by atoms with Gasteiger partial charge in [0.25, 0.3) is 0 Å². The predicted molar refractivity (Wildman–Crippen MR) is 380 cm³/mol. The van der Waals surface area contributed by atoms with Crippen LogP contribution >= 0.6 is 11.3 Å². The second kappa shape index (κ2) is 20.7. The Bertz CT molecular complexity index is 5640. The lowest BCUT2D eigenvalue weighted by molar-refractivity contribution is 1.06. The highest BCUT2D eigenvalue weighted by molar-refractivity contribution is 7.26. The summed E-state index contributed by atoms with van der Waals surface area (Å²) in [6.45, 7) is 0. The van der Waals surface area contributed by atoms with Crippen LogP contribution in [0.2, 0.25) is 0 Å². The lowest BCUT2D eigenvalue weighted by Gasteiger charge is -2.25. The summed E-state index contributed by atoms with van der Waals surface area (Å²) in [5.41, 5.74) is 23.1. The van der Waals surface area contributed by atoms with Crippen molar-refractivity contribution in [3.63, 3.8) is 0 Å². The Labute approximate surface area is 523 Å². The van der Waals surface area contributed by atoms with Crippen LogP contribution in [-0.4, -0.2) is 13.7 Å². The largest absolute Gasteiger partial charge is 0.306 e. The van der Waals surface area contributed by atoms with Crippen LogP contribution in [0.4, 0.5) is 0 Å². The number of rotatable bonds is 9. The first kappa shape index (κ1) is 51.4. The van der Waals surface area contributed by atoms with Crippen LogP contribution in [0.25, 0.3) is 169 Å². The van der Waals surface area contributed by atoms with Crippen LogP contribution < -0.4 is 0 Å². The highest BCUT2D eigenvalue weighted by Crippen LogP contribution is 2.52. The van der Waals surface area contributed by atoms with Gasteiger partial charge in [0, 0.05) is 47.8 Å². The molecule has 5 heteroatoms. The molecule has 0 unspecified atom stereocenters. The summed E-state index contributed by atoms with van der Waals surface area (Å²) in [7, 11) is 0. The van der Waals surface area contributed by atoms with Crippen molar-refractivity contribution >= 4 is 96.9 Å². The molecule has 4 heterocycles. The van der Waals surface area contributed by atoms with Gasteiger partial charge in [-0.05, 0) is 146 Å². The summed E-state index contributed by atoms with van der Waals surface area (Å²) in [5, 5.41) is 21.4. The Kier molecular flexibility index (Phi) is 11.8. The summed E-state index contributed by atoms with van der Waals surface area (Å²) >= 11 is 1.71. The first-order valence-electron chi connectivity index (χ1n) is 30.6. The molecule has 0 aliphatic heterocycles. The highest BCUT2D eigenvalue weighted by atomic mass is 32.1. The molecule has 0 N–H and O–H groups in total. The van der Waals surface area contributed by atoms with Crippen molar-refractivity contribution < 1.29 is 0 Å². The molecular formula is C85H52N4S. The maximum atomic E-state index is 12.6. The van der Waals surface area contributed by atoms with E-state index in [1.165, 1.54) is 0 Å². The number of nitrogens with zero attached hydrogens (tertiary/aromatic N) is 4. The standard InChI is InChI=1S/C85H52N4S/c86-53-73-82(87-74-41-35-60(54-21-7-1-8-22-54)47-67(74)68-48-61(36-42-75(68)87)55-23-9-2-10-24-55)84(89-78-45-39-64(58-29-15-5-16-30-58)51-71(78)72-52-65(40-46-79(72)89)59-31-17-6-18-32-59)83(81-66-33-19-20-34-80(66)90-85(73)81)88-76-43-37-62(56-25-11-3-12-26-56)49-69(76)70-50-63(38-44-77(70)88)57-27-13-4-14-28-57/h1-52H. The predicted octanol–water partition coefficient (Wildman–Crippen LogP) is 23.2. The average Bonchev–Trinajstić information content (AvgIpc) is 1.55. The molecule has 0 spiro atoms. The molecule has 14 aromatic carbocycles. The minimum absolute atomic E-state index is 0.610. The molecule has 4 aromatic heterocycles. The molecule has 0 atom stereocenters. The molecule has 4 nitrogen and oxygen atoms in total. The fourth-order valence-corrected chi connectivity index (χ4v) is 15.5. The molecule has 0 saturated heterocycles. The van der Waals surface area contributed by atoms with Crippen LogP contribution in [0.3, 0.4) is 0 Å². The van der Waals surface area contributed by atoms with Gasteiger partial charge in [0.05, 0.1) is 60.4 Å². The minimum Gasteiger partial charge on any atom is -0.306 e. The number of hydrogen-bond donors (Lipinski definition) is 0. The van der Waals surface area contributed by atoms with E-state index in [1.807, 2.05) is 0 Å². The third-order valence-corrected chi connectivity index (χ3v) is 19.7. The van der Waals surface area contributed by atoms with E-state index in [2.05, 4.69) is 335 Å². The van der Waals surface area contributed by atoms with Gasteiger partial charge in [0.15, 0.2) is 0 Å². The Morgan fingerprint density at radius 2 is 0.489 bits per heavy atom. The Balaban J connectivity index is 1.08. The molecule has 18 aromatic rings. The first-order chi connectivity index (χ1) is 44.6. The maximum absolute atomic E-state index is 12.6. The number of aromatic nitrogens is 3. The molecule has 90 heavy (non-hydrogen) atoms. The first-order valence-corrected chi connectivity index (χ1v) is 31.4. The van der Waals surface area contributed by atoms with E-state index in [0.29, 0.717) is 5.56 Å². The fraction of sp³-hybridized carbons (Fsp3) is 0. The van der Waals surface area contributed by atoms with Crippen LogP contribution in [-0.2, 0) is 0 Å². The van der Waals surface area contributed by atoms with Crippen LogP contribution in [0, 0.1) is 11.3 Å². The molecule has 0 radical (unpaired) electrons. The molecule has 0 fully saturated rings. The fourth-order valence-electron chi connectivity index (χ4n) is 14.3. The van der Waals surface area contributed by atoms with Crippen molar-refractivity contribution in [1.29, 1.82) is 5.26 Å². The zero-order valence-corrected chi connectivity index (χ0v) is 49.5. The maximum Gasteiger partial charge on any atom is 0.103 e. The van der Waals surface area contributed by atoms with Gasteiger partial charge in [-0.25, -0.2) is 0 Å². The van der Waals surface area contributed by atoms with Crippen molar-refractivity contribution in [1.82, 2.24) is 13.7 Å². The van der Waals surface area contributed by atoms with Gasteiger partial charge in [-0.1, -0.05) is 237 Å². The van der Waals surface area contributed by atoms with Gasteiger partial charge in [-0.2, -0.15) is 5.26 Å². The molecule has 418 valence electrons. The van der Waals surface area contributed by atoms with Gasteiger partial charge in [0.1, 0.15) is 6.07 Å². The Morgan fingerprint density at radius 3 is 0.778 bits per heavy atom. The van der Waals surface area contributed by atoms with E-state index >= 15 is 0 Å². The number of benzene rings is 14. The number of nitriles is 1. The molecular weight excluding hydrogens is 1110 g/mol. The van der Waals surface area contributed by atoms with Gasteiger partial charge in [-0.3, -0.25) is 0 Å². The average molecular weight is 1160 g/mol. The normalized spacial score (nSPS) is 11.8. The van der Waals surface area contributed by atoms with Crippen LogP contribution in [0.5, 0.6) is 0 Å². The summed E-state index contributed by atoms with van der Waals surface area (Å²) in [6.07, 6.45) is 0. The monoisotopic (exact) mass is 1160 g/mol. The quantitative estimate of drug-likeness (QED) is 0.142. The summed E-state index contributed by atoms with van der Waals surface area (Å²) in [6, 6.07) is 118. The van der Waals surface area contributed by atoms with E-state index in [-0.39, 0.29) is 0 Å². The molecule has 0 bridgehead atoms. The second-order valence-electron chi connectivity index (χ2n) is 23.4. The molecule has 0 saturated carbocycles. The van der Waals surface area contributed by atoms with E-state index in [0.717, 1.165) is 169 Å². The molecule has 0 aliphatic rings. The lowest BCUT2D eigenvalue weighted by Crippen LogP contribution is -2.12. The Hall–Kier alpha value is -11.8. The zero-order chi connectivity index (χ0) is 59.4. The third-order valence-electron chi connectivity index (χ3n) is 18.5. The topological polar surface area (TPSA) is 38.6 Å². The smallest absolute Gasteiger partial charge is 0.103 e. The van der Waals surface area contributed by atoms with Crippen molar-refractivity contribution in [2.45, 2.75) is 0 Å². The highest BCUT2D eigenvalue weighted by Gasteiger charge is 2.33. The lowest BCUT2D eigenvalue weighted by atomic mass is 10.0. The number of fused-ring (bicyclic) bond motifs is 12. The van der Waals surface area contributed by atoms with Crippen molar-refractivity contribution in [2.75, 3.05) is 0 Å².